The maximum Gasteiger partial charge on any atom is 0.416 e. The van der Waals surface area contributed by atoms with E-state index < -0.39 is 11.7 Å². The molecule has 1 aromatic rings. The minimum absolute atomic E-state index is 0.530. The topological polar surface area (TPSA) is 12.0 Å². The number of hydrogen-bond acceptors (Lipinski definition) is 1. The van der Waals surface area contributed by atoms with Crippen LogP contribution in [0.5, 0.6) is 0 Å². The molecule has 1 fully saturated rings. The average molecular weight is 285 g/mol. The summed E-state index contributed by atoms with van der Waals surface area (Å²) < 4.78 is 38.0. The largest absolute Gasteiger partial charge is 0.416 e. The highest BCUT2D eigenvalue weighted by molar-refractivity contribution is 5.26. The second-order valence-electron chi connectivity index (χ2n) is 5.70. The second-order valence-corrected chi connectivity index (χ2v) is 5.70. The van der Waals surface area contributed by atoms with Gasteiger partial charge in [-0.15, -0.1) is 0 Å². The van der Waals surface area contributed by atoms with Gasteiger partial charge < -0.3 is 5.32 Å². The molecule has 0 radical (unpaired) electrons. The highest BCUT2D eigenvalue weighted by atomic mass is 19.4. The normalized spacial score (nSPS) is 22.6. The molecule has 0 bridgehead atoms. The van der Waals surface area contributed by atoms with Crippen molar-refractivity contribution >= 4 is 0 Å². The van der Waals surface area contributed by atoms with Gasteiger partial charge in [0, 0.05) is 0 Å². The van der Waals surface area contributed by atoms with Gasteiger partial charge in [0.1, 0.15) is 0 Å². The quantitative estimate of drug-likeness (QED) is 0.769. The van der Waals surface area contributed by atoms with Gasteiger partial charge in [-0.25, -0.2) is 0 Å². The Morgan fingerprint density at radius 2 is 1.95 bits per heavy atom. The molecule has 0 spiro atoms. The SMILES string of the molecule is CCCNCC1CCC1Cc1cccc(C(F)(F)F)c1. The number of nitrogens with one attached hydrogen (secondary N) is 1. The Bertz CT molecular complexity index is 428. The van der Waals surface area contributed by atoms with Crippen LogP contribution in [-0.2, 0) is 12.6 Å². The van der Waals surface area contributed by atoms with Crippen LogP contribution in [0, 0.1) is 11.8 Å². The molecule has 1 N–H and O–H groups in total. The van der Waals surface area contributed by atoms with Crippen LogP contribution in [0.2, 0.25) is 0 Å². The van der Waals surface area contributed by atoms with Crippen LogP contribution in [0.15, 0.2) is 24.3 Å². The zero-order valence-corrected chi connectivity index (χ0v) is 11.8. The molecule has 112 valence electrons. The summed E-state index contributed by atoms with van der Waals surface area (Å²) >= 11 is 0. The Morgan fingerprint density at radius 1 is 1.20 bits per heavy atom. The summed E-state index contributed by atoms with van der Waals surface area (Å²) in [6.45, 7) is 4.15. The molecule has 0 aliphatic heterocycles. The summed E-state index contributed by atoms with van der Waals surface area (Å²) in [5, 5.41) is 3.41. The highest BCUT2D eigenvalue weighted by Gasteiger charge is 2.32. The third kappa shape index (κ3) is 3.98. The molecule has 1 aliphatic rings. The van der Waals surface area contributed by atoms with Gasteiger partial charge in [-0.05, 0) is 62.2 Å². The van der Waals surface area contributed by atoms with Gasteiger partial charge >= 0.3 is 6.18 Å². The third-order valence-electron chi connectivity index (χ3n) is 4.16. The number of halogens is 3. The fourth-order valence-corrected chi connectivity index (χ4v) is 2.82. The standard InChI is InChI=1S/C16H22F3N/c1-2-8-20-11-14-7-6-13(14)9-12-4-3-5-15(10-12)16(17,18)19/h3-5,10,13-14,20H,2,6-9,11H2,1H3. The van der Waals surface area contributed by atoms with Gasteiger partial charge in [-0.1, -0.05) is 25.1 Å². The van der Waals surface area contributed by atoms with Crippen LogP contribution in [0.4, 0.5) is 13.2 Å². The van der Waals surface area contributed by atoms with Crippen LogP contribution in [-0.4, -0.2) is 13.1 Å². The molecule has 2 unspecified atom stereocenters. The van der Waals surface area contributed by atoms with E-state index in [1.54, 1.807) is 0 Å². The lowest BCUT2D eigenvalue weighted by Gasteiger charge is -2.37. The predicted octanol–water partition coefficient (Wildman–Crippen LogP) is 4.27. The molecule has 0 heterocycles. The number of rotatable bonds is 6. The first-order valence-electron chi connectivity index (χ1n) is 7.37. The van der Waals surface area contributed by atoms with Crippen LogP contribution in [0.1, 0.15) is 37.3 Å². The summed E-state index contributed by atoms with van der Waals surface area (Å²) in [7, 11) is 0. The Hall–Kier alpha value is -1.03. The molecule has 0 aromatic heterocycles. The Balaban J connectivity index is 1.90. The van der Waals surface area contributed by atoms with Crippen LogP contribution in [0.25, 0.3) is 0 Å². The molecular weight excluding hydrogens is 263 g/mol. The van der Waals surface area contributed by atoms with Crippen molar-refractivity contribution in [1.29, 1.82) is 0 Å². The van der Waals surface area contributed by atoms with E-state index in [9.17, 15) is 13.2 Å². The first kappa shape index (κ1) is 15.4. The van der Waals surface area contributed by atoms with Crippen molar-refractivity contribution in [3.63, 3.8) is 0 Å². The van der Waals surface area contributed by atoms with E-state index in [0.29, 0.717) is 11.8 Å². The maximum absolute atomic E-state index is 12.7. The van der Waals surface area contributed by atoms with E-state index in [2.05, 4.69) is 12.2 Å². The average Bonchev–Trinajstić information content (AvgIpc) is 2.39. The number of alkyl halides is 3. The summed E-state index contributed by atoms with van der Waals surface area (Å²) in [6, 6.07) is 5.77. The Labute approximate surface area is 118 Å². The molecule has 0 amide bonds. The van der Waals surface area contributed by atoms with Gasteiger partial charge in [0.2, 0.25) is 0 Å². The van der Waals surface area contributed by atoms with Gasteiger partial charge in [0.25, 0.3) is 0 Å². The van der Waals surface area contributed by atoms with Crippen molar-refractivity contribution < 1.29 is 13.2 Å². The lowest BCUT2D eigenvalue weighted by Crippen LogP contribution is -2.36. The summed E-state index contributed by atoms with van der Waals surface area (Å²) in [4.78, 5) is 0. The molecule has 1 aliphatic carbocycles. The van der Waals surface area contributed by atoms with E-state index in [1.165, 1.54) is 18.6 Å². The van der Waals surface area contributed by atoms with Gasteiger partial charge in [0.05, 0.1) is 5.56 Å². The van der Waals surface area contributed by atoms with Crippen molar-refractivity contribution in [3.05, 3.63) is 35.4 Å². The highest BCUT2D eigenvalue weighted by Crippen LogP contribution is 2.37. The molecule has 4 heteroatoms. The van der Waals surface area contributed by atoms with Crippen molar-refractivity contribution in [3.8, 4) is 0 Å². The van der Waals surface area contributed by atoms with Crippen molar-refractivity contribution in [1.82, 2.24) is 5.32 Å². The molecule has 20 heavy (non-hydrogen) atoms. The van der Waals surface area contributed by atoms with Gasteiger partial charge in [-0.3, -0.25) is 0 Å². The molecule has 1 nitrogen and oxygen atoms in total. The molecule has 0 saturated heterocycles. The number of hydrogen-bond donors (Lipinski definition) is 1. The minimum Gasteiger partial charge on any atom is -0.316 e. The van der Waals surface area contributed by atoms with Gasteiger partial charge in [-0.2, -0.15) is 13.2 Å². The lowest BCUT2D eigenvalue weighted by molar-refractivity contribution is -0.137. The van der Waals surface area contributed by atoms with E-state index in [4.69, 9.17) is 0 Å². The molecule has 2 rings (SSSR count). The third-order valence-corrected chi connectivity index (χ3v) is 4.16. The number of benzene rings is 1. The summed E-state index contributed by atoms with van der Waals surface area (Å²) in [5.41, 5.74) is 0.278. The Morgan fingerprint density at radius 3 is 2.55 bits per heavy atom. The van der Waals surface area contributed by atoms with Gasteiger partial charge in [0.15, 0.2) is 0 Å². The van der Waals surface area contributed by atoms with E-state index >= 15 is 0 Å². The van der Waals surface area contributed by atoms with Crippen molar-refractivity contribution in [2.75, 3.05) is 13.1 Å². The zero-order valence-electron chi connectivity index (χ0n) is 11.8. The molecule has 1 saturated carbocycles. The summed E-state index contributed by atoms with van der Waals surface area (Å²) in [5.74, 6) is 1.15. The molecule has 2 atom stereocenters. The Kier molecular flexibility index (Phi) is 5.08. The smallest absolute Gasteiger partial charge is 0.316 e. The van der Waals surface area contributed by atoms with E-state index in [-0.39, 0.29) is 0 Å². The summed E-state index contributed by atoms with van der Waals surface area (Å²) in [6.07, 6.45) is -0.0276. The minimum atomic E-state index is -4.24. The predicted molar refractivity (Wildman–Crippen MR) is 74.5 cm³/mol. The fourth-order valence-electron chi connectivity index (χ4n) is 2.82. The maximum atomic E-state index is 12.7. The first-order valence-corrected chi connectivity index (χ1v) is 7.37. The monoisotopic (exact) mass is 285 g/mol. The lowest BCUT2D eigenvalue weighted by atomic mass is 9.70. The van der Waals surface area contributed by atoms with Crippen LogP contribution in [0.3, 0.4) is 0 Å². The van der Waals surface area contributed by atoms with Crippen LogP contribution < -0.4 is 5.32 Å². The van der Waals surface area contributed by atoms with Crippen molar-refractivity contribution in [2.45, 2.75) is 38.8 Å². The van der Waals surface area contributed by atoms with E-state index in [1.807, 2.05) is 6.07 Å². The zero-order chi connectivity index (χ0) is 14.6. The van der Waals surface area contributed by atoms with Crippen molar-refractivity contribution in [2.24, 2.45) is 11.8 Å². The second kappa shape index (κ2) is 6.61. The first-order chi connectivity index (χ1) is 9.50. The fraction of sp³-hybridized carbons (Fsp3) is 0.625. The molecule has 1 aromatic carbocycles. The van der Waals surface area contributed by atoms with E-state index in [0.717, 1.165) is 44.0 Å². The van der Waals surface area contributed by atoms with Crippen LogP contribution >= 0.6 is 0 Å². The molecular formula is C16H22F3N.